The first-order valence-corrected chi connectivity index (χ1v) is 4.20. The van der Waals surface area contributed by atoms with Gasteiger partial charge in [-0.1, -0.05) is 13.0 Å². The Kier molecular flexibility index (Phi) is 3.25. The predicted molar refractivity (Wildman–Crippen MR) is 48.2 cm³/mol. The van der Waals surface area contributed by atoms with Crippen molar-refractivity contribution in [2.24, 2.45) is 0 Å². The predicted octanol–water partition coefficient (Wildman–Crippen LogP) is 2.28. The molecule has 0 saturated heterocycles. The summed E-state index contributed by atoms with van der Waals surface area (Å²) in [6.45, 7) is 1.84. The van der Waals surface area contributed by atoms with Crippen molar-refractivity contribution in [1.29, 1.82) is 0 Å². The number of methoxy groups -OCH3 is 1. The topological polar surface area (TPSA) is 29.5 Å². The Balaban J connectivity index is 2.95. The number of hydrogen-bond donors (Lipinski definition) is 1. The first-order valence-electron chi connectivity index (χ1n) is 4.20. The lowest BCUT2D eigenvalue weighted by atomic mass is 10.1. The average Bonchev–Trinajstić information content (AvgIpc) is 2.16. The van der Waals surface area contributed by atoms with Gasteiger partial charge in [0.05, 0.1) is 13.2 Å². The van der Waals surface area contributed by atoms with E-state index in [-0.39, 0.29) is 5.75 Å². The third-order valence-corrected chi connectivity index (χ3v) is 1.95. The van der Waals surface area contributed by atoms with Crippen LogP contribution in [0.4, 0.5) is 4.39 Å². The fraction of sp³-hybridized carbons (Fsp3) is 0.400. The van der Waals surface area contributed by atoms with Crippen LogP contribution in [-0.4, -0.2) is 12.2 Å². The van der Waals surface area contributed by atoms with Crippen LogP contribution in [0.5, 0.6) is 5.75 Å². The van der Waals surface area contributed by atoms with E-state index in [1.54, 1.807) is 6.07 Å². The molecule has 1 atom stereocenters. The molecule has 2 nitrogen and oxygen atoms in total. The molecule has 0 bridgehead atoms. The second-order valence-electron chi connectivity index (χ2n) is 2.82. The molecule has 0 spiro atoms. The van der Waals surface area contributed by atoms with Crippen molar-refractivity contribution in [3.63, 3.8) is 0 Å². The molecule has 0 amide bonds. The summed E-state index contributed by atoms with van der Waals surface area (Å²) >= 11 is 0. The lowest BCUT2D eigenvalue weighted by Gasteiger charge is -2.09. The van der Waals surface area contributed by atoms with Gasteiger partial charge in [0.1, 0.15) is 0 Å². The van der Waals surface area contributed by atoms with Crippen molar-refractivity contribution in [2.45, 2.75) is 19.4 Å². The van der Waals surface area contributed by atoms with E-state index in [9.17, 15) is 9.50 Å². The largest absolute Gasteiger partial charge is 0.494 e. The van der Waals surface area contributed by atoms with E-state index in [4.69, 9.17) is 4.74 Å². The zero-order valence-corrected chi connectivity index (χ0v) is 7.75. The van der Waals surface area contributed by atoms with E-state index in [0.29, 0.717) is 12.0 Å². The molecular formula is C10H13FO2. The molecular weight excluding hydrogens is 171 g/mol. The number of hydrogen-bond acceptors (Lipinski definition) is 2. The van der Waals surface area contributed by atoms with Gasteiger partial charge in [-0.25, -0.2) is 4.39 Å². The van der Waals surface area contributed by atoms with Crippen molar-refractivity contribution in [1.82, 2.24) is 0 Å². The normalized spacial score (nSPS) is 12.6. The molecule has 1 aromatic rings. The first-order chi connectivity index (χ1) is 6.19. The van der Waals surface area contributed by atoms with Gasteiger partial charge in [0.15, 0.2) is 11.6 Å². The van der Waals surface area contributed by atoms with E-state index < -0.39 is 11.9 Å². The highest BCUT2D eigenvalue weighted by Gasteiger charge is 2.08. The minimum Gasteiger partial charge on any atom is -0.494 e. The van der Waals surface area contributed by atoms with Crippen molar-refractivity contribution in [2.75, 3.05) is 7.11 Å². The third-order valence-electron chi connectivity index (χ3n) is 1.95. The third kappa shape index (κ3) is 2.18. The van der Waals surface area contributed by atoms with Crippen LogP contribution >= 0.6 is 0 Å². The van der Waals surface area contributed by atoms with Gasteiger partial charge in [0, 0.05) is 0 Å². The molecule has 3 heteroatoms. The molecule has 0 heterocycles. The molecule has 0 aliphatic carbocycles. The van der Waals surface area contributed by atoms with Crippen molar-refractivity contribution < 1.29 is 14.2 Å². The molecule has 0 aromatic heterocycles. The summed E-state index contributed by atoms with van der Waals surface area (Å²) in [5.74, 6) is -0.237. The molecule has 1 unspecified atom stereocenters. The molecule has 0 saturated carbocycles. The Morgan fingerprint density at radius 2 is 2.23 bits per heavy atom. The van der Waals surface area contributed by atoms with Crippen molar-refractivity contribution in [3.8, 4) is 5.75 Å². The zero-order chi connectivity index (χ0) is 9.84. The maximum Gasteiger partial charge on any atom is 0.165 e. The Morgan fingerprint density at radius 3 is 2.69 bits per heavy atom. The van der Waals surface area contributed by atoms with E-state index >= 15 is 0 Å². The number of ether oxygens (including phenoxy) is 1. The van der Waals surface area contributed by atoms with Crippen LogP contribution in [0.15, 0.2) is 18.2 Å². The Labute approximate surface area is 77.0 Å². The van der Waals surface area contributed by atoms with E-state index in [1.807, 2.05) is 6.92 Å². The summed E-state index contributed by atoms with van der Waals surface area (Å²) in [5, 5.41) is 9.41. The minimum absolute atomic E-state index is 0.201. The smallest absolute Gasteiger partial charge is 0.165 e. The van der Waals surface area contributed by atoms with Crippen molar-refractivity contribution >= 4 is 0 Å². The molecule has 72 valence electrons. The maximum absolute atomic E-state index is 13.1. The Bertz CT molecular complexity index is 286. The SMILES string of the molecule is CCC(O)c1ccc(OC)c(F)c1. The van der Waals surface area contributed by atoms with Crippen LogP contribution in [-0.2, 0) is 0 Å². The fourth-order valence-corrected chi connectivity index (χ4v) is 1.13. The highest BCUT2D eigenvalue weighted by Crippen LogP contribution is 2.22. The number of aliphatic hydroxyl groups is 1. The summed E-state index contributed by atoms with van der Waals surface area (Å²) < 4.78 is 17.9. The quantitative estimate of drug-likeness (QED) is 0.780. The second-order valence-corrected chi connectivity index (χ2v) is 2.82. The van der Waals surface area contributed by atoms with E-state index in [2.05, 4.69) is 0 Å². The molecule has 0 radical (unpaired) electrons. The summed E-state index contributed by atoms with van der Waals surface area (Å²) in [7, 11) is 1.41. The Morgan fingerprint density at radius 1 is 1.54 bits per heavy atom. The lowest BCUT2D eigenvalue weighted by Crippen LogP contribution is -1.97. The summed E-state index contributed by atoms with van der Waals surface area (Å²) in [6.07, 6.45) is -0.0217. The summed E-state index contributed by atoms with van der Waals surface area (Å²) in [5.41, 5.74) is 0.584. The monoisotopic (exact) mass is 184 g/mol. The van der Waals surface area contributed by atoms with Crippen molar-refractivity contribution in [3.05, 3.63) is 29.6 Å². The molecule has 0 fully saturated rings. The van der Waals surface area contributed by atoms with Gasteiger partial charge in [-0.05, 0) is 24.1 Å². The van der Waals surface area contributed by atoms with Crippen LogP contribution in [0, 0.1) is 5.82 Å². The van der Waals surface area contributed by atoms with Gasteiger partial charge in [0.2, 0.25) is 0 Å². The standard InChI is InChI=1S/C10H13FO2/c1-3-9(12)7-4-5-10(13-2)8(11)6-7/h4-6,9,12H,3H2,1-2H3. The maximum atomic E-state index is 13.1. The number of benzene rings is 1. The molecule has 0 aliphatic rings. The van der Waals surface area contributed by atoms with Gasteiger partial charge >= 0.3 is 0 Å². The van der Waals surface area contributed by atoms with Crippen LogP contribution in [0.2, 0.25) is 0 Å². The van der Waals surface area contributed by atoms with Gasteiger partial charge in [-0.2, -0.15) is 0 Å². The van der Waals surface area contributed by atoms with E-state index in [0.717, 1.165) is 0 Å². The molecule has 1 aromatic carbocycles. The Hall–Kier alpha value is -1.09. The van der Waals surface area contributed by atoms with Crippen LogP contribution in [0.3, 0.4) is 0 Å². The van der Waals surface area contributed by atoms with Gasteiger partial charge in [0.25, 0.3) is 0 Å². The molecule has 1 rings (SSSR count). The number of halogens is 1. The van der Waals surface area contributed by atoms with Gasteiger partial charge in [-0.3, -0.25) is 0 Å². The molecule has 1 N–H and O–H groups in total. The summed E-state index contributed by atoms with van der Waals surface area (Å²) in [4.78, 5) is 0. The van der Waals surface area contributed by atoms with Crippen LogP contribution in [0.1, 0.15) is 25.0 Å². The average molecular weight is 184 g/mol. The minimum atomic E-state index is -0.597. The highest BCUT2D eigenvalue weighted by molar-refractivity contribution is 5.30. The van der Waals surface area contributed by atoms with Gasteiger partial charge < -0.3 is 9.84 Å². The van der Waals surface area contributed by atoms with Gasteiger partial charge in [-0.15, -0.1) is 0 Å². The first kappa shape index (κ1) is 9.99. The molecule has 13 heavy (non-hydrogen) atoms. The van der Waals surface area contributed by atoms with Crippen LogP contribution in [0.25, 0.3) is 0 Å². The molecule has 0 aliphatic heterocycles. The second kappa shape index (κ2) is 4.23. The van der Waals surface area contributed by atoms with E-state index in [1.165, 1.54) is 19.2 Å². The highest BCUT2D eigenvalue weighted by atomic mass is 19.1. The number of aliphatic hydroxyl groups excluding tert-OH is 1. The number of rotatable bonds is 3. The summed E-state index contributed by atoms with van der Waals surface area (Å²) in [6, 6.07) is 4.48. The lowest BCUT2D eigenvalue weighted by molar-refractivity contribution is 0.173. The fourth-order valence-electron chi connectivity index (χ4n) is 1.13. The van der Waals surface area contributed by atoms with Crippen LogP contribution < -0.4 is 4.74 Å². The zero-order valence-electron chi connectivity index (χ0n) is 7.75.